The molecule has 0 spiro atoms. The van der Waals surface area contributed by atoms with Gasteiger partial charge in [0.05, 0.1) is 4.90 Å². The maximum Gasteiger partial charge on any atom is 0.240 e. The molecule has 1 aromatic carbocycles. The Morgan fingerprint density at radius 1 is 1.15 bits per heavy atom. The first-order valence-corrected chi connectivity index (χ1v) is 8.73. The molecule has 20 heavy (non-hydrogen) atoms. The van der Waals surface area contributed by atoms with Crippen LogP contribution in [0.5, 0.6) is 0 Å². The van der Waals surface area contributed by atoms with E-state index in [1.807, 2.05) is 13.0 Å². The lowest BCUT2D eigenvalue weighted by Gasteiger charge is -2.20. The second-order valence-corrected chi connectivity index (χ2v) is 6.99. The maximum atomic E-state index is 11.9. The highest BCUT2D eigenvalue weighted by atomic mass is 32.2. The molecule has 0 atom stereocenters. The number of aryl methyl sites for hydroxylation is 1. The molecule has 0 saturated heterocycles. The first-order valence-electron chi connectivity index (χ1n) is 7.25. The molecule has 1 aromatic rings. The zero-order valence-corrected chi connectivity index (χ0v) is 13.7. The van der Waals surface area contributed by atoms with Crippen LogP contribution < -0.4 is 10.0 Å². The predicted molar refractivity (Wildman–Crippen MR) is 84.7 cm³/mol. The van der Waals surface area contributed by atoms with Crippen LogP contribution in [0, 0.1) is 6.92 Å². The first-order chi connectivity index (χ1) is 9.44. The number of hydrogen-bond acceptors (Lipinski definition) is 3. The Bertz CT molecular complexity index is 521. The molecule has 114 valence electrons. The molecule has 4 nitrogen and oxygen atoms in total. The van der Waals surface area contributed by atoms with E-state index in [-0.39, 0.29) is 0 Å². The topological polar surface area (TPSA) is 58.2 Å². The summed E-state index contributed by atoms with van der Waals surface area (Å²) in [5.74, 6) is 0. The van der Waals surface area contributed by atoms with E-state index in [1.54, 1.807) is 12.1 Å². The SMILES string of the molecule is CCCC(CCC)Nc1cc(S(=O)(=O)NC)ccc1C. The molecule has 0 aliphatic heterocycles. The van der Waals surface area contributed by atoms with Gasteiger partial charge in [-0.05, 0) is 44.5 Å². The lowest BCUT2D eigenvalue weighted by molar-refractivity contribution is 0.584. The minimum absolute atomic E-state index is 0.305. The van der Waals surface area contributed by atoms with Gasteiger partial charge in [-0.25, -0.2) is 13.1 Å². The summed E-state index contributed by atoms with van der Waals surface area (Å²) in [6.07, 6.45) is 4.42. The summed E-state index contributed by atoms with van der Waals surface area (Å²) >= 11 is 0. The Balaban J connectivity index is 3.02. The predicted octanol–water partition coefficient (Wildman–Crippen LogP) is 3.28. The van der Waals surface area contributed by atoms with E-state index in [0.29, 0.717) is 10.9 Å². The quantitative estimate of drug-likeness (QED) is 0.774. The maximum absolute atomic E-state index is 11.9. The van der Waals surface area contributed by atoms with Crippen molar-refractivity contribution in [2.24, 2.45) is 0 Å². The van der Waals surface area contributed by atoms with E-state index in [2.05, 4.69) is 23.9 Å². The van der Waals surface area contributed by atoms with Gasteiger partial charge in [-0.3, -0.25) is 0 Å². The lowest BCUT2D eigenvalue weighted by atomic mass is 10.1. The van der Waals surface area contributed by atoms with Gasteiger partial charge in [0.25, 0.3) is 0 Å². The molecule has 0 bridgehead atoms. The minimum atomic E-state index is -3.39. The van der Waals surface area contributed by atoms with Crippen LogP contribution in [0.4, 0.5) is 5.69 Å². The van der Waals surface area contributed by atoms with Gasteiger partial charge in [-0.1, -0.05) is 32.8 Å². The van der Waals surface area contributed by atoms with Crippen molar-refractivity contribution < 1.29 is 8.42 Å². The normalized spacial score (nSPS) is 11.8. The van der Waals surface area contributed by atoms with Crippen LogP contribution >= 0.6 is 0 Å². The molecule has 0 aliphatic carbocycles. The van der Waals surface area contributed by atoms with Crippen molar-refractivity contribution in [1.82, 2.24) is 4.72 Å². The summed E-state index contributed by atoms with van der Waals surface area (Å²) < 4.78 is 26.1. The number of anilines is 1. The van der Waals surface area contributed by atoms with Crippen molar-refractivity contribution in [3.05, 3.63) is 23.8 Å². The number of rotatable bonds is 8. The Morgan fingerprint density at radius 3 is 2.25 bits per heavy atom. The average molecular weight is 298 g/mol. The molecule has 2 N–H and O–H groups in total. The molecule has 0 aromatic heterocycles. The van der Waals surface area contributed by atoms with Crippen LogP contribution in [0.3, 0.4) is 0 Å². The van der Waals surface area contributed by atoms with Crippen LogP contribution in [0.15, 0.2) is 23.1 Å². The van der Waals surface area contributed by atoms with Crippen molar-refractivity contribution in [3.63, 3.8) is 0 Å². The van der Waals surface area contributed by atoms with Crippen molar-refractivity contribution in [3.8, 4) is 0 Å². The number of nitrogens with one attached hydrogen (secondary N) is 2. The van der Waals surface area contributed by atoms with Gasteiger partial charge >= 0.3 is 0 Å². The molecule has 0 unspecified atom stereocenters. The highest BCUT2D eigenvalue weighted by Crippen LogP contribution is 2.22. The molecule has 0 heterocycles. The largest absolute Gasteiger partial charge is 0.382 e. The van der Waals surface area contributed by atoms with Crippen molar-refractivity contribution in [2.45, 2.75) is 57.4 Å². The molecular weight excluding hydrogens is 272 g/mol. The van der Waals surface area contributed by atoms with Gasteiger partial charge in [-0.15, -0.1) is 0 Å². The van der Waals surface area contributed by atoms with Gasteiger partial charge in [0.1, 0.15) is 0 Å². The van der Waals surface area contributed by atoms with E-state index >= 15 is 0 Å². The molecular formula is C15H26N2O2S. The van der Waals surface area contributed by atoms with Crippen LogP contribution in [0.2, 0.25) is 0 Å². The number of sulfonamides is 1. The van der Waals surface area contributed by atoms with E-state index in [0.717, 1.165) is 36.9 Å². The third kappa shape index (κ3) is 4.49. The molecule has 0 radical (unpaired) electrons. The molecule has 0 aliphatic rings. The van der Waals surface area contributed by atoms with E-state index in [1.165, 1.54) is 7.05 Å². The zero-order valence-electron chi connectivity index (χ0n) is 12.9. The molecule has 1 rings (SSSR count). The summed E-state index contributed by atoms with van der Waals surface area (Å²) in [6, 6.07) is 5.61. The Hall–Kier alpha value is -1.07. The second kappa shape index (κ2) is 7.64. The van der Waals surface area contributed by atoms with Crippen LogP contribution in [0.25, 0.3) is 0 Å². The Morgan fingerprint density at radius 2 is 1.75 bits per heavy atom. The van der Waals surface area contributed by atoms with Gasteiger partial charge < -0.3 is 5.32 Å². The lowest BCUT2D eigenvalue weighted by Crippen LogP contribution is -2.21. The summed E-state index contributed by atoms with van der Waals surface area (Å²) in [5, 5.41) is 3.49. The summed E-state index contributed by atoms with van der Waals surface area (Å²) in [4.78, 5) is 0.305. The molecule has 5 heteroatoms. The fraction of sp³-hybridized carbons (Fsp3) is 0.600. The van der Waals surface area contributed by atoms with Gasteiger partial charge in [0.2, 0.25) is 10.0 Å². The summed E-state index contributed by atoms with van der Waals surface area (Å²) in [6.45, 7) is 6.32. The number of hydrogen-bond donors (Lipinski definition) is 2. The van der Waals surface area contributed by atoms with Gasteiger partial charge in [0.15, 0.2) is 0 Å². The number of benzene rings is 1. The standard InChI is InChI=1S/C15H26N2O2S/c1-5-7-13(8-6-2)17-15-11-14(10-9-12(15)3)20(18,19)16-4/h9-11,13,16-17H,5-8H2,1-4H3. The fourth-order valence-electron chi connectivity index (χ4n) is 2.25. The van der Waals surface area contributed by atoms with E-state index in [4.69, 9.17) is 0 Å². The second-order valence-electron chi connectivity index (χ2n) is 5.10. The Kier molecular flexibility index (Phi) is 6.49. The highest BCUT2D eigenvalue weighted by Gasteiger charge is 2.14. The minimum Gasteiger partial charge on any atom is -0.382 e. The fourth-order valence-corrected chi connectivity index (χ4v) is 3.00. The van der Waals surface area contributed by atoms with E-state index < -0.39 is 10.0 Å². The van der Waals surface area contributed by atoms with Gasteiger partial charge in [0, 0.05) is 11.7 Å². The smallest absolute Gasteiger partial charge is 0.240 e. The van der Waals surface area contributed by atoms with Crippen LogP contribution in [-0.2, 0) is 10.0 Å². The van der Waals surface area contributed by atoms with E-state index in [9.17, 15) is 8.42 Å². The van der Waals surface area contributed by atoms with Crippen LogP contribution in [-0.4, -0.2) is 21.5 Å². The monoisotopic (exact) mass is 298 g/mol. The third-order valence-corrected chi connectivity index (χ3v) is 4.83. The highest BCUT2D eigenvalue weighted by molar-refractivity contribution is 7.89. The van der Waals surface area contributed by atoms with Crippen molar-refractivity contribution >= 4 is 15.7 Å². The summed E-state index contributed by atoms with van der Waals surface area (Å²) in [5.41, 5.74) is 1.98. The van der Waals surface area contributed by atoms with Crippen molar-refractivity contribution in [1.29, 1.82) is 0 Å². The third-order valence-electron chi connectivity index (χ3n) is 3.42. The molecule has 0 fully saturated rings. The zero-order chi connectivity index (χ0) is 15.2. The molecule has 0 amide bonds. The Labute approximate surface area is 123 Å². The summed E-state index contributed by atoms with van der Waals surface area (Å²) in [7, 11) is -1.96. The van der Waals surface area contributed by atoms with Gasteiger partial charge in [-0.2, -0.15) is 0 Å². The average Bonchev–Trinajstić information content (AvgIpc) is 2.41. The van der Waals surface area contributed by atoms with Crippen molar-refractivity contribution in [2.75, 3.05) is 12.4 Å². The van der Waals surface area contributed by atoms with Crippen LogP contribution in [0.1, 0.15) is 45.1 Å². The first kappa shape index (κ1) is 17.0. The molecule has 0 saturated carbocycles.